The van der Waals surface area contributed by atoms with Crippen molar-refractivity contribution in [1.82, 2.24) is 38.2 Å². The molecular formula is C108H64N8O2. The van der Waals surface area contributed by atoms with Crippen LogP contribution in [0.15, 0.2) is 397 Å². The van der Waals surface area contributed by atoms with Gasteiger partial charge in [-0.15, -0.1) is 0 Å². The number of hydrogen-bond donors (Lipinski definition) is 0. The van der Waals surface area contributed by atoms with Gasteiger partial charge in [-0.05, 0) is 118 Å². The second kappa shape index (κ2) is 25.7. The Morgan fingerprint density at radius 3 is 1.03 bits per heavy atom. The van der Waals surface area contributed by atoms with Gasteiger partial charge in [0.1, 0.15) is 22.3 Å². The zero-order chi connectivity index (χ0) is 77.2. The van der Waals surface area contributed by atoms with Crippen LogP contribution in [-0.4, -0.2) is 38.2 Å². The van der Waals surface area contributed by atoms with Crippen molar-refractivity contribution in [2.24, 2.45) is 0 Å². The fourth-order valence-corrected chi connectivity index (χ4v) is 19.1. The molecule has 0 bridgehead atoms. The molecule has 0 fully saturated rings. The van der Waals surface area contributed by atoms with Crippen LogP contribution >= 0.6 is 0 Å². The lowest BCUT2D eigenvalue weighted by atomic mass is 10.0. The Hall–Kier alpha value is -16.0. The van der Waals surface area contributed by atoms with Gasteiger partial charge in [0.15, 0.2) is 0 Å². The van der Waals surface area contributed by atoms with Gasteiger partial charge in [-0.3, -0.25) is 9.13 Å². The van der Waals surface area contributed by atoms with Crippen molar-refractivity contribution in [2.45, 2.75) is 0 Å². The Labute approximate surface area is 673 Å². The van der Waals surface area contributed by atoms with Crippen LogP contribution in [-0.2, 0) is 0 Å². The second-order valence-electron chi connectivity index (χ2n) is 30.6. The molecule has 26 aromatic rings. The molecule has 548 valence electrons. The number of hydrogen-bond acceptors (Lipinski definition) is 6. The molecule has 8 aromatic heterocycles. The van der Waals surface area contributed by atoms with Crippen LogP contribution in [0.3, 0.4) is 0 Å². The summed E-state index contributed by atoms with van der Waals surface area (Å²) in [6.07, 6.45) is 0. The summed E-state index contributed by atoms with van der Waals surface area (Å²) in [4.78, 5) is 21.8. The molecule has 26 rings (SSSR count). The highest BCUT2D eigenvalue weighted by molar-refractivity contribution is 6.35. The molecule has 0 N–H and O–H groups in total. The minimum absolute atomic E-state index is 0.618. The van der Waals surface area contributed by atoms with Gasteiger partial charge in [0.25, 0.3) is 0 Å². The Kier molecular flexibility index (Phi) is 14.3. The van der Waals surface area contributed by atoms with E-state index in [-0.39, 0.29) is 0 Å². The summed E-state index contributed by atoms with van der Waals surface area (Å²) >= 11 is 0. The summed E-state index contributed by atoms with van der Waals surface area (Å²) < 4.78 is 22.5. The molecule has 0 radical (unpaired) electrons. The van der Waals surface area contributed by atoms with E-state index in [4.69, 9.17) is 28.8 Å². The first-order valence-electron chi connectivity index (χ1n) is 40.0. The Bertz CT molecular complexity index is 8670. The van der Waals surface area contributed by atoms with E-state index in [9.17, 15) is 0 Å². The van der Waals surface area contributed by atoms with Crippen LogP contribution in [0.1, 0.15) is 0 Å². The van der Waals surface area contributed by atoms with Crippen LogP contribution < -0.4 is 0 Å². The normalized spacial score (nSPS) is 12.1. The minimum Gasteiger partial charge on any atom is -0.456 e. The van der Waals surface area contributed by atoms with E-state index in [1.807, 2.05) is 12.1 Å². The van der Waals surface area contributed by atoms with E-state index in [2.05, 4.69) is 394 Å². The second-order valence-corrected chi connectivity index (χ2v) is 30.6. The average molecular weight is 1510 g/mol. The molecule has 0 amide bonds. The van der Waals surface area contributed by atoms with Gasteiger partial charge in [0.05, 0.1) is 77.9 Å². The van der Waals surface area contributed by atoms with Gasteiger partial charge in [-0.2, -0.15) is 0 Å². The van der Waals surface area contributed by atoms with Crippen LogP contribution in [0.4, 0.5) is 0 Å². The first kappa shape index (κ1) is 65.5. The number of furan rings is 2. The smallest absolute Gasteiger partial charge is 0.235 e. The first-order valence-corrected chi connectivity index (χ1v) is 40.0. The van der Waals surface area contributed by atoms with Crippen LogP contribution in [0.25, 0.3) is 242 Å². The summed E-state index contributed by atoms with van der Waals surface area (Å²) in [6, 6.07) is 138. The quantitative estimate of drug-likeness (QED) is 0.150. The monoisotopic (exact) mass is 1500 g/mol. The number of rotatable bonds is 8. The third kappa shape index (κ3) is 9.81. The molecule has 0 aliphatic rings. The number of fused-ring (bicyclic) bond motifs is 26. The first-order chi connectivity index (χ1) is 58.6. The Balaban J connectivity index is 0.000000131. The lowest BCUT2D eigenvalue weighted by Crippen LogP contribution is -2.03. The topological polar surface area (TPSA) is 97.6 Å². The van der Waals surface area contributed by atoms with Crippen molar-refractivity contribution >= 4 is 174 Å². The highest BCUT2D eigenvalue weighted by Gasteiger charge is 2.29. The average Bonchev–Trinajstić information content (AvgIpc) is 1.53. The number of nitrogens with zero attached hydrogens (tertiary/aromatic N) is 8. The maximum Gasteiger partial charge on any atom is 0.235 e. The number of aromatic nitrogens is 8. The maximum absolute atomic E-state index is 6.52. The Morgan fingerprint density at radius 1 is 0.178 bits per heavy atom. The zero-order valence-corrected chi connectivity index (χ0v) is 63.3. The molecule has 0 unspecified atom stereocenters. The number of benzene rings is 18. The van der Waals surface area contributed by atoms with Crippen LogP contribution in [0, 0.1) is 0 Å². The van der Waals surface area contributed by atoms with Crippen molar-refractivity contribution in [3.8, 4) is 68.0 Å². The minimum atomic E-state index is 0.618. The molecule has 0 aliphatic heterocycles. The highest BCUT2D eigenvalue weighted by atomic mass is 16.3. The molecule has 10 heteroatoms. The van der Waals surface area contributed by atoms with Gasteiger partial charge in [0.2, 0.25) is 11.9 Å². The van der Waals surface area contributed by atoms with Crippen molar-refractivity contribution in [3.05, 3.63) is 388 Å². The summed E-state index contributed by atoms with van der Waals surface area (Å²) in [5, 5.41) is 20.4. The summed E-state index contributed by atoms with van der Waals surface area (Å²) in [5.74, 6) is 1.25. The van der Waals surface area contributed by atoms with Crippen molar-refractivity contribution in [2.75, 3.05) is 0 Å². The van der Waals surface area contributed by atoms with E-state index in [0.717, 1.165) is 182 Å². The predicted octanol–water partition coefficient (Wildman–Crippen LogP) is 28.4. The highest BCUT2D eigenvalue weighted by Crippen LogP contribution is 2.50. The maximum atomic E-state index is 6.52. The van der Waals surface area contributed by atoms with Crippen LogP contribution in [0.2, 0.25) is 0 Å². The molecule has 8 heterocycles. The largest absolute Gasteiger partial charge is 0.456 e. The lowest BCUT2D eigenvalue weighted by molar-refractivity contribution is 0.669. The molecule has 0 atom stereocenters. The molecule has 0 saturated carbocycles. The van der Waals surface area contributed by atoms with Crippen molar-refractivity contribution < 1.29 is 8.83 Å². The van der Waals surface area contributed by atoms with Gasteiger partial charge < -0.3 is 18.0 Å². The van der Waals surface area contributed by atoms with E-state index >= 15 is 0 Å². The molecule has 118 heavy (non-hydrogen) atoms. The standard InChI is InChI=1S/2C54H32N4O/c1-2-13-33(14-3-1)34-25-27-36(28-26-34)52-38-18-6-9-21-42(38)55-54(56-52)58-44-22-10-7-19-39(44)50-46(58)30-29-41-49-45(31-32-48-51(49)40-20-8-11-24-47(40)59-48)57(53(41)50)43-23-12-16-35-15-4-5-17-37(35)43;1-2-13-33(14-3-1)34-25-27-36(28-26-34)52-38-18-6-9-21-42(38)55-54(56-52)58-45-31-32-48-51(40-20-8-11-24-47(40)59-48)49(45)41-29-30-46-50(53(41)58)39-19-7-10-22-44(39)57(46)43-23-12-16-35-15-4-5-17-37(35)43/h2*1-32H. The fraction of sp³-hybridized carbons (Fsp3) is 0. The molecular weight excluding hydrogens is 1440 g/mol. The third-order valence-electron chi connectivity index (χ3n) is 24.3. The SMILES string of the molecule is c1ccc(-c2ccc(-c3nc(-n4c5ccc6oc7ccccc7c6c5c5ccc6c(c7ccccc7n6-c6cccc7ccccc67)c54)nc4ccccc34)cc2)cc1.c1ccc(-c2ccc(-c3nc(-n4c5ccccc5c5c4ccc4c6c7c(ccc6n(-c6cccc8ccccc68)c45)oc4ccccc47)nc4ccccc34)cc2)cc1. The van der Waals surface area contributed by atoms with Gasteiger partial charge >= 0.3 is 0 Å². The van der Waals surface area contributed by atoms with Gasteiger partial charge in [-0.25, -0.2) is 19.9 Å². The summed E-state index contributed by atoms with van der Waals surface area (Å²) in [7, 11) is 0. The molecule has 18 aromatic carbocycles. The van der Waals surface area contributed by atoms with Crippen molar-refractivity contribution in [1.29, 1.82) is 0 Å². The lowest BCUT2D eigenvalue weighted by Gasteiger charge is -2.13. The van der Waals surface area contributed by atoms with E-state index < -0.39 is 0 Å². The molecule has 10 nitrogen and oxygen atoms in total. The predicted molar refractivity (Wildman–Crippen MR) is 488 cm³/mol. The summed E-state index contributed by atoms with van der Waals surface area (Å²) in [5.41, 5.74) is 24.8. The van der Waals surface area contributed by atoms with E-state index in [1.54, 1.807) is 0 Å². The van der Waals surface area contributed by atoms with Crippen LogP contribution in [0.5, 0.6) is 0 Å². The van der Waals surface area contributed by atoms with E-state index in [1.165, 1.54) is 49.0 Å². The number of para-hydroxylation sites is 6. The van der Waals surface area contributed by atoms with Gasteiger partial charge in [0, 0.05) is 97.3 Å². The Morgan fingerprint density at radius 2 is 0.525 bits per heavy atom. The fourth-order valence-electron chi connectivity index (χ4n) is 19.1. The third-order valence-corrected chi connectivity index (χ3v) is 24.3. The zero-order valence-electron chi connectivity index (χ0n) is 63.3. The molecule has 0 aliphatic carbocycles. The van der Waals surface area contributed by atoms with E-state index in [0.29, 0.717) is 11.9 Å². The van der Waals surface area contributed by atoms with Crippen molar-refractivity contribution in [3.63, 3.8) is 0 Å². The summed E-state index contributed by atoms with van der Waals surface area (Å²) in [6.45, 7) is 0. The molecule has 0 saturated heterocycles. The van der Waals surface area contributed by atoms with Gasteiger partial charge in [-0.1, -0.05) is 303 Å². The molecule has 0 spiro atoms.